The SMILES string of the molecule is CC(C)CCC(=O)CCCC(=O)CCC(C)(C)OP(N)(=O)O. The highest BCUT2D eigenvalue weighted by molar-refractivity contribution is 7.50. The lowest BCUT2D eigenvalue weighted by atomic mass is 9.98. The molecule has 0 bridgehead atoms. The van der Waals surface area contributed by atoms with Gasteiger partial charge in [-0.2, -0.15) is 0 Å². The zero-order chi connectivity index (χ0) is 17.4. The summed E-state index contributed by atoms with van der Waals surface area (Å²) in [7, 11) is -4.05. The van der Waals surface area contributed by atoms with E-state index < -0.39 is 13.3 Å². The molecular formula is C15H30NO5P. The number of nitrogens with two attached hydrogens (primary N) is 1. The van der Waals surface area contributed by atoms with Crippen molar-refractivity contribution in [1.82, 2.24) is 0 Å². The zero-order valence-electron chi connectivity index (χ0n) is 14.1. The minimum absolute atomic E-state index is 0.0260. The Hall–Kier alpha value is -0.550. The van der Waals surface area contributed by atoms with E-state index in [-0.39, 0.29) is 18.0 Å². The monoisotopic (exact) mass is 335 g/mol. The van der Waals surface area contributed by atoms with Gasteiger partial charge in [0.25, 0.3) is 0 Å². The zero-order valence-corrected chi connectivity index (χ0v) is 15.0. The number of hydrogen-bond acceptors (Lipinski definition) is 4. The van der Waals surface area contributed by atoms with Crippen LogP contribution in [0.2, 0.25) is 0 Å². The Bertz CT molecular complexity index is 414. The van der Waals surface area contributed by atoms with E-state index in [1.807, 2.05) is 0 Å². The molecule has 3 N–H and O–H groups in total. The van der Waals surface area contributed by atoms with Crippen molar-refractivity contribution >= 4 is 19.3 Å². The van der Waals surface area contributed by atoms with Crippen LogP contribution in [0, 0.1) is 5.92 Å². The Kier molecular flexibility index (Phi) is 9.32. The minimum Gasteiger partial charge on any atom is -0.313 e. The van der Waals surface area contributed by atoms with Crippen LogP contribution in [0.4, 0.5) is 0 Å². The first-order chi connectivity index (χ1) is 9.91. The summed E-state index contributed by atoms with van der Waals surface area (Å²) < 4.78 is 15.9. The molecule has 7 heteroatoms. The van der Waals surface area contributed by atoms with E-state index in [2.05, 4.69) is 13.8 Å². The summed E-state index contributed by atoms with van der Waals surface area (Å²) in [6, 6.07) is 0. The first-order valence-electron chi connectivity index (χ1n) is 7.77. The third-order valence-corrected chi connectivity index (χ3v) is 4.05. The lowest BCUT2D eigenvalue weighted by Crippen LogP contribution is -2.25. The summed E-state index contributed by atoms with van der Waals surface area (Å²) in [5, 5.41) is 0. The first kappa shape index (κ1) is 21.4. The fourth-order valence-corrected chi connectivity index (χ4v) is 2.82. The lowest BCUT2D eigenvalue weighted by Gasteiger charge is -2.25. The molecule has 1 unspecified atom stereocenters. The second-order valence-corrected chi connectivity index (χ2v) is 8.09. The van der Waals surface area contributed by atoms with Gasteiger partial charge in [0.15, 0.2) is 0 Å². The summed E-state index contributed by atoms with van der Waals surface area (Å²) in [4.78, 5) is 32.4. The Morgan fingerprint density at radius 1 is 1.14 bits per heavy atom. The fourth-order valence-electron chi connectivity index (χ4n) is 2.02. The standard InChI is InChI=1S/C15H30NO5P/c1-12(2)8-9-13(17)6-5-7-14(18)10-11-15(3,4)21-22(16,19)20/h12H,5-11H2,1-4H3,(H3,16,19,20). The molecule has 0 aliphatic heterocycles. The third kappa shape index (κ3) is 13.1. The van der Waals surface area contributed by atoms with E-state index in [0.29, 0.717) is 38.0 Å². The Labute approximate surface area is 133 Å². The Morgan fingerprint density at radius 3 is 2.09 bits per heavy atom. The van der Waals surface area contributed by atoms with Gasteiger partial charge < -0.3 is 4.89 Å². The van der Waals surface area contributed by atoms with Crippen molar-refractivity contribution in [2.75, 3.05) is 0 Å². The van der Waals surface area contributed by atoms with E-state index in [4.69, 9.17) is 14.9 Å². The van der Waals surface area contributed by atoms with Crippen LogP contribution in [0.1, 0.15) is 72.6 Å². The van der Waals surface area contributed by atoms with Crippen LogP contribution >= 0.6 is 7.75 Å². The molecule has 0 saturated heterocycles. The molecule has 0 rings (SSSR count). The van der Waals surface area contributed by atoms with Crippen molar-refractivity contribution in [3.05, 3.63) is 0 Å². The fraction of sp³-hybridized carbons (Fsp3) is 0.867. The van der Waals surface area contributed by atoms with E-state index in [1.165, 1.54) is 0 Å². The average Bonchev–Trinajstić information content (AvgIpc) is 2.31. The van der Waals surface area contributed by atoms with Crippen LogP contribution in [0.5, 0.6) is 0 Å². The maximum atomic E-state index is 11.8. The Morgan fingerprint density at radius 2 is 1.64 bits per heavy atom. The molecule has 0 saturated carbocycles. The van der Waals surface area contributed by atoms with Crippen molar-refractivity contribution in [1.29, 1.82) is 0 Å². The smallest absolute Gasteiger partial charge is 0.313 e. The predicted molar refractivity (Wildman–Crippen MR) is 86.3 cm³/mol. The molecule has 22 heavy (non-hydrogen) atoms. The molecule has 0 aromatic carbocycles. The van der Waals surface area contributed by atoms with Gasteiger partial charge >= 0.3 is 7.75 Å². The molecule has 130 valence electrons. The van der Waals surface area contributed by atoms with Gasteiger partial charge in [0.2, 0.25) is 0 Å². The molecule has 0 aliphatic rings. The minimum atomic E-state index is -4.05. The van der Waals surface area contributed by atoms with Gasteiger partial charge in [0, 0.05) is 25.7 Å². The molecule has 0 fully saturated rings. The van der Waals surface area contributed by atoms with Crippen molar-refractivity contribution in [3.8, 4) is 0 Å². The van der Waals surface area contributed by atoms with Crippen LogP contribution in [-0.4, -0.2) is 22.1 Å². The van der Waals surface area contributed by atoms with Crippen molar-refractivity contribution in [3.63, 3.8) is 0 Å². The third-order valence-electron chi connectivity index (χ3n) is 3.30. The van der Waals surface area contributed by atoms with Crippen LogP contribution in [-0.2, 0) is 18.7 Å². The van der Waals surface area contributed by atoms with Gasteiger partial charge in [-0.1, -0.05) is 13.8 Å². The number of carbonyl (C=O) groups excluding carboxylic acids is 2. The molecule has 0 aromatic rings. The van der Waals surface area contributed by atoms with E-state index in [9.17, 15) is 14.2 Å². The van der Waals surface area contributed by atoms with E-state index in [1.54, 1.807) is 13.8 Å². The number of carbonyl (C=O) groups is 2. The van der Waals surface area contributed by atoms with Gasteiger partial charge in [-0.05, 0) is 39.0 Å². The second-order valence-electron chi connectivity index (χ2n) is 6.78. The normalized spacial score (nSPS) is 14.9. The van der Waals surface area contributed by atoms with Gasteiger partial charge in [-0.25, -0.2) is 10.1 Å². The number of Topliss-reactive ketones (excluding diaryl/α,β-unsaturated/α-hetero) is 2. The highest BCUT2D eigenvalue weighted by atomic mass is 31.2. The molecule has 0 spiro atoms. The topological polar surface area (TPSA) is 107 Å². The maximum absolute atomic E-state index is 11.8. The number of rotatable bonds is 12. The average molecular weight is 335 g/mol. The Balaban J connectivity index is 3.91. The van der Waals surface area contributed by atoms with Crippen LogP contribution in [0.3, 0.4) is 0 Å². The highest BCUT2D eigenvalue weighted by Gasteiger charge is 2.27. The second kappa shape index (κ2) is 9.56. The van der Waals surface area contributed by atoms with Crippen LogP contribution < -0.4 is 5.50 Å². The summed E-state index contributed by atoms with van der Waals surface area (Å²) >= 11 is 0. The van der Waals surface area contributed by atoms with Gasteiger partial charge in [0.1, 0.15) is 11.6 Å². The molecule has 0 amide bonds. The predicted octanol–water partition coefficient (Wildman–Crippen LogP) is 3.37. The molecule has 6 nitrogen and oxygen atoms in total. The van der Waals surface area contributed by atoms with Gasteiger partial charge in [0.05, 0.1) is 5.60 Å². The summed E-state index contributed by atoms with van der Waals surface area (Å²) in [5.41, 5.74) is 4.03. The largest absolute Gasteiger partial charge is 0.400 e. The van der Waals surface area contributed by atoms with Crippen LogP contribution in [0.25, 0.3) is 0 Å². The lowest BCUT2D eigenvalue weighted by molar-refractivity contribution is -0.121. The number of hydrogen-bond donors (Lipinski definition) is 2. The van der Waals surface area contributed by atoms with Gasteiger partial charge in [-0.3, -0.25) is 14.1 Å². The summed E-state index contributed by atoms with van der Waals surface area (Å²) in [5.74, 6) is 0.741. The molecule has 0 radical (unpaired) electrons. The molecule has 0 aromatic heterocycles. The van der Waals surface area contributed by atoms with E-state index in [0.717, 1.165) is 6.42 Å². The highest BCUT2D eigenvalue weighted by Crippen LogP contribution is 2.39. The molecule has 0 aliphatic carbocycles. The first-order valence-corrected chi connectivity index (χ1v) is 9.41. The van der Waals surface area contributed by atoms with Crippen molar-refractivity contribution in [2.45, 2.75) is 78.2 Å². The number of ketones is 2. The van der Waals surface area contributed by atoms with Crippen molar-refractivity contribution < 1.29 is 23.6 Å². The summed E-state index contributed by atoms with van der Waals surface area (Å²) in [6.45, 7) is 7.39. The van der Waals surface area contributed by atoms with E-state index >= 15 is 0 Å². The quantitative estimate of drug-likeness (QED) is 0.530. The molecule has 0 heterocycles. The van der Waals surface area contributed by atoms with Gasteiger partial charge in [-0.15, -0.1) is 0 Å². The molecule has 1 atom stereocenters. The maximum Gasteiger partial charge on any atom is 0.400 e. The van der Waals surface area contributed by atoms with Crippen LogP contribution in [0.15, 0.2) is 0 Å². The van der Waals surface area contributed by atoms with Crippen molar-refractivity contribution in [2.24, 2.45) is 11.4 Å². The summed E-state index contributed by atoms with van der Waals surface area (Å²) in [6.07, 6.45) is 3.37. The molecular weight excluding hydrogens is 305 g/mol.